The quantitative estimate of drug-likeness (QED) is 0.620. The van der Waals surface area contributed by atoms with E-state index in [1.807, 2.05) is 0 Å². The van der Waals surface area contributed by atoms with Crippen LogP contribution >= 0.6 is 0 Å². The fourth-order valence-electron chi connectivity index (χ4n) is 0.883. The number of hydrogen-bond donors (Lipinski definition) is 1. The standard InChI is InChI=1S/C10H8O2/c1-2-5-8-6-3-4-7-9(11)10(8)12/h1,3-4,6-7H,5H2,(H,11,12). The van der Waals surface area contributed by atoms with Gasteiger partial charge in [-0.15, -0.1) is 12.3 Å². The van der Waals surface area contributed by atoms with Crippen LogP contribution in [0, 0.1) is 12.3 Å². The van der Waals surface area contributed by atoms with Gasteiger partial charge in [-0.3, -0.25) is 4.79 Å². The lowest BCUT2D eigenvalue weighted by atomic mass is 10.2. The highest BCUT2D eigenvalue weighted by Gasteiger charge is 1.99. The molecule has 2 heteroatoms. The van der Waals surface area contributed by atoms with Crippen molar-refractivity contribution in [1.29, 1.82) is 0 Å². The Balaban J connectivity index is 3.34. The molecule has 2 nitrogen and oxygen atoms in total. The molecule has 0 atom stereocenters. The first kappa shape index (κ1) is 8.35. The van der Waals surface area contributed by atoms with Gasteiger partial charge in [-0.2, -0.15) is 0 Å². The summed E-state index contributed by atoms with van der Waals surface area (Å²) in [5.74, 6) is 2.12. The maximum Gasteiger partial charge on any atom is 0.220 e. The monoisotopic (exact) mass is 160 g/mol. The van der Waals surface area contributed by atoms with Crippen molar-refractivity contribution in [2.75, 3.05) is 0 Å². The molecule has 0 saturated carbocycles. The summed E-state index contributed by atoms with van der Waals surface area (Å²) in [4.78, 5) is 11.0. The van der Waals surface area contributed by atoms with Crippen molar-refractivity contribution < 1.29 is 5.11 Å². The van der Waals surface area contributed by atoms with Gasteiger partial charge in [-0.05, 0) is 6.07 Å². The molecular formula is C10H8O2. The highest BCUT2D eigenvalue weighted by Crippen LogP contribution is 2.08. The average Bonchev–Trinajstić information content (AvgIpc) is 2.20. The van der Waals surface area contributed by atoms with Crippen LogP contribution in [0.2, 0.25) is 0 Å². The molecule has 1 N–H and O–H groups in total. The summed E-state index contributed by atoms with van der Waals surface area (Å²) in [7, 11) is 0. The summed E-state index contributed by atoms with van der Waals surface area (Å²) in [5, 5.41) is 9.28. The summed E-state index contributed by atoms with van der Waals surface area (Å²) in [6.07, 6.45) is 5.33. The Morgan fingerprint density at radius 1 is 1.42 bits per heavy atom. The number of rotatable bonds is 1. The number of hydrogen-bond acceptors (Lipinski definition) is 2. The summed E-state index contributed by atoms with van der Waals surface area (Å²) < 4.78 is 0. The minimum Gasteiger partial charge on any atom is -0.504 e. The maximum absolute atomic E-state index is 11.0. The molecule has 0 saturated heterocycles. The van der Waals surface area contributed by atoms with E-state index >= 15 is 0 Å². The van der Waals surface area contributed by atoms with E-state index in [-0.39, 0.29) is 12.2 Å². The van der Waals surface area contributed by atoms with Crippen LogP contribution in [-0.4, -0.2) is 5.11 Å². The molecule has 0 amide bonds. The second kappa shape index (κ2) is 3.59. The van der Waals surface area contributed by atoms with E-state index in [2.05, 4.69) is 5.92 Å². The van der Waals surface area contributed by atoms with Gasteiger partial charge in [0.15, 0.2) is 5.75 Å². The van der Waals surface area contributed by atoms with Crippen LogP contribution in [-0.2, 0) is 6.42 Å². The van der Waals surface area contributed by atoms with E-state index in [9.17, 15) is 9.90 Å². The highest BCUT2D eigenvalue weighted by atomic mass is 16.3. The van der Waals surface area contributed by atoms with E-state index in [0.29, 0.717) is 5.56 Å². The Bertz CT molecular complexity index is 374. The lowest BCUT2D eigenvalue weighted by molar-refractivity contribution is 0.466. The van der Waals surface area contributed by atoms with Gasteiger partial charge in [0, 0.05) is 12.0 Å². The van der Waals surface area contributed by atoms with E-state index in [0.717, 1.165) is 0 Å². The van der Waals surface area contributed by atoms with Crippen LogP contribution in [0.15, 0.2) is 29.1 Å². The Morgan fingerprint density at radius 2 is 2.08 bits per heavy atom. The van der Waals surface area contributed by atoms with Gasteiger partial charge in [-0.1, -0.05) is 18.2 Å². The number of terminal acetylenes is 1. The first-order chi connectivity index (χ1) is 5.75. The maximum atomic E-state index is 11.0. The lowest BCUT2D eigenvalue weighted by Gasteiger charge is -1.91. The fourth-order valence-corrected chi connectivity index (χ4v) is 0.883. The van der Waals surface area contributed by atoms with E-state index in [1.54, 1.807) is 18.2 Å². The molecule has 0 aliphatic carbocycles. The zero-order chi connectivity index (χ0) is 8.97. The van der Waals surface area contributed by atoms with Crippen LogP contribution in [0.3, 0.4) is 0 Å². The molecule has 1 rings (SSSR count). The van der Waals surface area contributed by atoms with Crippen LogP contribution < -0.4 is 5.43 Å². The predicted molar refractivity (Wildman–Crippen MR) is 46.9 cm³/mol. The van der Waals surface area contributed by atoms with Crippen molar-refractivity contribution in [3.8, 4) is 18.1 Å². The summed E-state index contributed by atoms with van der Waals surface area (Å²) in [6.45, 7) is 0. The van der Waals surface area contributed by atoms with Crippen molar-refractivity contribution in [1.82, 2.24) is 0 Å². The SMILES string of the molecule is C#CCc1ccccc(=O)c1O. The van der Waals surface area contributed by atoms with Gasteiger partial charge in [0.05, 0.1) is 0 Å². The van der Waals surface area contributed by atoms with E-state index in [4.69, 9.17) is 6.42 Å². The summed E-state index contributed by atoms with van der Waals surface area (Å²) in [5.41, 5.74) is 0.0951. The minimum absolute atomic E-state index is 0.252. The van der Waals surface area contributed by atoms with Crippen LogP contribution in [0.4, 0.5) is 0 Å². The minimum atomic E-state index is -0.398. The van der Waals surface area contributed by atoms with Gasteiger partial charge >= 0.3 is 0 Å². The largest absolute Gasteiger partial charge is 0.504 e. The Labute approximate surface area is 70.5 Å². The molecule has 1 aromatic rings. The third-order valence-electron chi connectivity index (χ3n) is 1.49. The molecule has 0 heterocycles. The second-order valence-electron chi connectivity index (χ2n) is 2.34. The van der Waals surface area contributed by atoms with Gasteiger partial charge < -0.3 is 5.11 Å². The van der Waals surface area contributed by atoms with Crippen molar-refractivity contribution in [2.45, 2.75) is 6.42 Å². The zero-order valence-electron chi connectivity index (χ0n) is 6.45. The third-order valence-corrected chi connectivity index (χ3v) is 1.49. The smallest absolute Gasteiger partial charge is 0.220 e. The fraction of sp³-hybridized carbons (Fsp3) is 0.100. The van der Waals surface area contributed by atoms with Crippen molar-refractivity contribution in [2.24, 2.45) is 0 Å². The first-order valence-electron chi connectivity index (χ1n) is 3.50. The Morgan fingerprint density at radius 3 is 2.75 bits per heavy atom. The number of aromatic hydroxyl groups is 1. The predicted octanol–water partition coefficient (Wildman–Crippen LogP) is 0.928. The Hall–Kier alpha value is -1.75. The molecule has 0 aliphatic heterocycles. The van der Waals surface area contributed by atoms with Gasteiger partial charge in [0.1, 0.15) is 0 Å². The molecule has 0 aliphatic rings. The average molecular weight is 160 g/mol. The third kappa shape index (κ3) is 1.64. The molecule has 0 aromatic heterocycles. The first-order valence-corrected chi connectivity index (χ1v) is 3.50. The van der Waals surface area contributed by atoms with Crippen LogP contribution in [0.25, 0.3) is 0 Å². The molecule has 12 heavy (non-hydrogen) atoms. The van der Waals surface area contributed by atoms with Crippen molar-refractivity contribution >= 4 is 0 Å². The normalized spacial score (nSPS) is 8.92. The van der Waals surface area contributed by atoms with E-state index < -0.39 is 5.43 Å². The summed E-state index contributed by atoms with van der Waals surface area (Å²) >= 11 is 0. The van der Waals surface area contributed by atoms with Gasteiger partial charge in [0.2, 0.25) is 5.43 Å². The van der Waals surface area contributed by atoms with Gasteiger partial charge in [0.25, 0.3) is 0 Å². The molecule has 1 aromatic carbocycles. The van der Waals surface area contributed by atoms with Crippen molar-refractivity contribution in [3.63, 3.8) is 0 Å². The molecule has 0 fully saturated rings. The summed E-state index contributed by atoms with van der Waals surface area (Å²) in [6, 6.07) is 6.18. The lowest BCUT2D eigenvalue weighted by Crippen LogP contribution is -1.95. The molecule has 60 valence electrons. The van der Waals surface area contributed by atoms with Crippen LogP contribution in [0.1, 0.15) is 5.56 Å². The zero-order valence-corrected chi connectivity index (χ0v) is 6.45. The van der Waals surface area contributed by atoms with Crippen molar-refractivity contribution in [3.05, 3.63) is 40.1 Å². The van der Waals surface area contributed by atoms with Crippen LogP contribution in [0.5, 0.6) is 5.75 Å². The molecule has 0 spiro atoms. The highest BCUT2D eigenvalue weighted by molar-refractivity contribution is 5.33. The Kier molecular flexibility index (Phi) is 2.49. The van der Waals surface area contributed by atoms with Gasteiger partial charge in [-0.25, -0.2) is 0 Å². The second-order valence-corrected chi connectivity index (χ2v) is 2.34. The van der Waals surface area contributed by atoms with E-state index in [1.165, 1.54) is 6.07 Å². The molecular weight excluding hydrogens is 152 g/mol. The molecule has 0 unspecified atom stereocenters. The molecule has 0 radical (unpaired) electrons. The molecule has 0 bridgehead atoms. The topological polar surface area (TPSA) is 37.3 Å².